The molecule has 0 saturated heterocycles. The molecule has 0 aliphatic heterocycles. The van der Waals surface area contributed by atoms with Gasteiger partial charge in [-0.05, 0) is 24.6 Å². The molecular formula is C15H16O3. The number of hydrogen-bond donors (Lipinski definition) is 1. The van der Waals surface area contributed by atoms with Crippen LogP contribution in [0.25, 0.3) is 0 Å². The molecule has 0 radical (unpaired) electrons. The largest absolute Gasteiger partial charge is 0.504 e. The maximum atomic E-state index is 9.62. The van der Waals surface area contributed by atoms with Crippen molar-refractivity contribution in [3.8, 4) is 17.2 Å². The summed E-state index contributed by atoms with van der Waals surface area (Å²) in [6, 6.07) is 13.3. The first-order valence-corrected chi connectivity index (χ1v) is 5.75. The van der Waals surface area contributed by atoms with E-state index >= 15 is 0 Å². The lowest BCUT2D eigenvalue weighted by atomic mass is 10.2. The number of phenols is 1. The van der Waals surface area contributed by atoms with Gasteiger partial charge in [0.15, 0.2) is 11.5 Å². The minimum absolute atomic E-state index is 0.127. The first kappa shape index (κ1) is 12.3. The average Bonchev–Trinajstić information content (AvgIpc) is 2.40. The van der Waals surface area contributed by atoms with Crippen molar-refractivity contribution in [2.75, 3.05) is 7.11 Å². The quantitative estimate of drug-likeness (QED) is 0.897. The standard InChI is InChI=1S/C15H16O3/c1-11-14(9-8-13(16)15(11)17-2)18-10-12-6-4-3-5-7-12/h3-9,16H,10H2,1-2H3. The molecule has 0 atom stereocenters. The van der Waals surface area contributed by atoms with Crippen molar-refractivity contribution in [2.45, 2.75) is 13.5 Å². The van der Waals surface area contributed by atoms with Gasteiger partial charge in [-0.3, -0.25) is 0 Å². The van der Waals surface area contributed by atoms with E-state index in [1.54, 1.807) is 12.1 Å². The summed E-state index contributed by atoms with van der Waals surface area (Å²) in [6.07, 6.45) is 0. The van der Waals surface area contributed by atoms with Gasteiger partial charge in [0, 0.05) is 5.56 Å². The van der Waals surface area contributed by atoms with Crippen LogP contribution < -0.4 is 9.47 Å². The molecule has 0 amide bonds. The fourth-order valence-electron chi connectivity index (χ4n) is 1.81. The number of phenolic OH excluding ortho intramolecular Hbond substituents is 1. The highest BCUT2D eigenvalue weighted by atomic mass is 16.5. The zero-order valence-electron chi connectivity index (χ0n) is 10.5. The molecule has 18 heavy (non-hydrogen) atoms. The molecule has 0 aliphatic rings. The summed E-state index contributed by atoms with van der Waals surface area (Å²) < 4.78 is 10.9. The number of rotatable bonds is 4. The van der Waals surface area contributed by atoms with Crippen LogP contribution in [0.2, 0.25) is 0 Å². The topological polar surface area (TPSA) is 38.7 Å². The third kappa shape index (κ3) is 2.56. The maximum absolute atomic E-state index is 9.62. The molecule has 0 bridgehead atoms. The van der Waals surface area contributed by atoms with Gasteiger partial charge in [0.1, 0.15) is 12.4 Å². The van der Waals surface area contributed by atoms with Crippen LogP contribution in [0.3, 0.4) is 0 Å². The predicted octanol–water partition coefficient (Wildman–Crippen LogP) is 3.29. The van der Waals surface area contributed by atoms with Crippen LogP contribution in [0, 0.1) is 6.92 Å². The van der Waals surface area contributed by atoms with E-state index in [9.17, 15) is 5.11 Å². The second-order valence-electron chi connectivity index (χ2n) is 4.02. The average molecular weight is 244 g/mol. The van der Waals surface area contributed by atoms with Gasteiger partial charge in [-0.25, -0.2) is 0 Å². The fourth-order valence-corrected chi connectivity index (χ4v) is 1.81. The SMILES string of the molecule is COc1c(O)ccc(OCc2ccccc2)c1C. The van der Waals surface area contributed by atoms with Crippen molar-refractivity contribution in [2.24, 2.45) is 0 Å². The molecule has 0 heterocycles. The van der Waals surface area contributed by atoms with Gasteiger partial charge in [0.25, 0.3) is 0 Å². The number of ether oxygens (including phenoxy) is 2. The fraction of sp³-hybridized carbons (Fsp3) is 0.200. The Morgan fingerprint density at radius 1 is 1.06 bits per heavy atom. The zero-order chi connectivity index (χ0) is 13.0. The number of benzene rings is 2. The van der Waals surface area contributed by atoms with Gasteiger partial charge in [0.05, 0.1) is 7.11 Å². The molecule has 0 saturated carbocycles. The third-order valence-corrected chi connectivity index (χ3v) is 2.78. The second-order valence-corrected chi connectivity index (χ2v) is 4.02. The van der Waals surface area contributed by atoms with Crippen LogP contribution in [-0.4, -0.2) is 12.2 Å². The molecule has 3 heteroatoms. The van der Waals surface area contributed by atoms with Gasteiger partial charge in [-0.1, -0.05) is 30.3 Å². The van der Waals surface area contributed by atoms with E-state index in [0.717, 1.165) is 11.1 Å². The van der Waals surface area contributed by atoms with E-state index in [2.05, 4.69) is 0 Å². The first-order chi connectivity index (χ1) is 8.72. The molecule has 2 aromatic carbocycles. The minimum atomic E-state index is 0.127. The van der Waals surface area contributed by atoms with E-state index in [4.69, 9.17) is 9.47 Å². The highest BCUT2D eigenvalue weighted by Crippen LogP contribution is 2.35. The Kier molecular flexibility index (Phi) is 3.72. The Balaban J connectivity index is 2.15. The Labute approximate surface area is 107 Å². The Bertz CT molecular complexity index is 521. The molecule has 2 aromatic rings. The molecule has 0 unspecified atom stereocenters. The van der Waals surface area contributed by atoms with Gasteiger partial charge in [-0.2, -0.15) is 0 Å². The lowest BCUT2D eigenvalue weighted by Crippen LogP contribution is -1.98. The predicted molar refractivity (Wildman–Crippen MR) is 70.2 cm³/mol. The van der Waals surface area contributed by atoms with Crippen molar-refractivity contribution in [1.82, 2.24) is 0 Å². The highest BCUT2D eigenvalue weighted by Gasteiger charge is 2.10. The monoisotopic (exact) mass is 244 g/mol. The molecule has 94 valence electrons. The minimum Gasteiger partial charge on any atom is -0.504 e. The summed E-state index contributed by atoms with van der Waals surface area (Å²) in [5, 5.41) is 9.62. The van der Waals surface area contributed by atoms with Gasteiger partial charge < -0.3 is 14.6 Å². The highest BCUT2D eigenvalue weighted by molar-refractivity contribution is 5.52. The van der Waals surface area contributed by atoms with Crippen molar-refractivity contribution in [1.29, 1.82) is 0 Å². The summed E-state index contributed by atoms with van der Waals surface area (Å²) in [5.74, 6) is 1.30. The van der Waals surface area contributed by atoms with E-state index in [0.29, 0.717) is 18.1 Å². The van der Waals surface area contributed by atoms with Gasteiger partial charge in [0.2, 0.25) is 0 Å². The van der Waals surface area contributed by atoms with Crippen LogP contribution >= 0.6 is 0 Å². The van der Waals surface area contributed by atoms with E-state index < -0.39 is 0 Å². The smallest absolute Gasteiger partial charge is 0.167 e. The van der Waals surface area contributed by atoms with E-state index in [1.807, 2.05) is 37.3 Å². The zero-order valence-corrected chi connectivity index (χ0v) is 10.5. The second kappa shape index (κ2) is 5.45. The van der Waals surface area contributed by atoms with Crippen molar-refractivity contribution >= 4 is 0 Å². The van der Waals surface area contributed by atoms with Crippen molar-refractivity contribution < 1.29 is 14.6 Å². The van der Waals surface area contributed by atoms with Crippen LogP contribution in [0.5, 0.6) is 17.2 Å². The lowest BCUT2D eigenvalue weighted by Gasteiger charge is -2.13. The molecule has 1 N–H and O–H groups in total. The Morgan fingerprint density at radius 3 is 2.44 bits per heavy atom. The summed E-state index contributed by atoms with van der Waals surface area (Å²) in [5.41, 5.74) is 1.90. The molecule has 0 spiro atoms. The van der Waals surface area contributed by atoms with Crippen LogP contribution in [0.1, 0.15) is 11.1 Å². The lowest BCUT2D eigenvalue weighted by molar-refractivity contribution is 0.298. The molecule has 2 rings (SSSR count). The molecule has 0 aromatic heterocycles. The Hall–Kier alpha value is -2.16. The Morgan fingerprint density at radius 2 is 1.78 bits per heavy atom. The maximum Gasteiger partial charge on any atom is 0.167 e. The number of hydrogen-bond acceptors (Lipinski definition) is 3. The molecule has 3 nitrogen and oxygen atoms in total. The molecule has 0 aliphatic carbocycles. The number of aromatic hydroxyl groups is 1. The van der Waals surface area contributed by atoms with Gasteiger partial charge in [-0.15, -0.1) is 0 Å². The third-order valence-electron chi connectivity index (χ3n) is 2.78. The first-order valence-electron chi connectivity index (χ1n) is 5.75. The summed E-state index contributed by atoms with van der Waals surface area (Å²) in [4.78, 5) is 0. The van der Waals surface area contributed by atoms with Crippen LogP contribution in [-0.2, 0) is 6.61 Å². The van der Waals surface area contributed by atoms with Crippen LogP contribution in [0.15, 0.2) is 42.5 Å². The van der Waals surface area contributed by atoms with E-state index in [-0.39, 0.29) is 5.75 Å². The summed E-state index contributed by atoms with van der Waals surface area (Å²) in [7, 11) is 1.53. The summed E-state index contributed by atoms with van der Waals surface area (Å²) >= 11 is 0. The molecular weight excluding hydrogens is 228 g/mol. The van der Waals surface area contributed by atoms with E-state index in [1.165, 1.54) is 7.11 Å². The van der Waals surface area contributed by atoms with Crippen molar-refractivity contribution in [3.63, 3.8) is 0 Å². The normalized spacial score (nSPS) is 10.1. The summed E-state index contributed by atoms with van der Waals surface area (Å²) in [6.45, 7) is 2.36. The van der Waals surface area contributed by atoms with Crippen LogP contribution in [0.4, 0.5) is 0 Å². The number of methoxy groups -OCH3 is 1. The molecule has 0 fully saturated rings. The van der Waals surface area contributed by atoms with Crippen molar-refractivity contribution in [3.05, 3.63) is 53.6 Å². The van der Waals surface area contributed by atoms with Gasteiger partial charge >= 0.3 is 0 Å².